The van der Waals surface area contributed by atoms with Gasteiger partial charge in [0.15, 0.2) is 0 Å². The molecule has 3 rings (SSSR count). The number of anilines is 1. The Morgan fingerprint density at radius 2 is 2.14 bits per heavy atom. The Morgan fingerprint density at radius 1 is 1.38 bits per heavy atom. The first kappa shape index (κ1) is 13.9. The lowest BCUT2D eigenvalue weighted by atomic mass is 10.1. The van der Waals surface area contributed by atoms with Gasteiger partial charge in [-0.2, -0.15) is 0 Å². The number of para-hydroxylation sites is 1. The third-order valence-electron chi connectivity index (χ3n) is 4.17. The highest BCUT2D eigenvalue weighted by Crippen LogP contribution is 2.32. The van der Waals surface area contributed by atoms with Gasteiger partial charge in [-0.15, -0.1) is 0 Å². The number of fused-ring (bicyclic) bond motifs is 1. The van der Waals surface area contributed by atoms with Crippen LogP contribution in [0.3, 0.4) is 0 Å². The lowest BCUT2D eigenvalue weighted by Gasteiger charge is -2.26. The number of benzene rings is 1. The molecule has 1 fully saturated rings. The second-order valence-electron chi connectivity index (χ2n) is 5.48. The van der Waals surface area contributed by atoms with Crippen molar-refractivity contribution in [3.63, 3.8) is 0 Å². The summed E-state index contributed by atoms with van der Waals surface area (Å²) in [6.45, 7) is 2.52. The molecule has 6 nitrogen and oxygen atoms in total. The van der Waals surface area contributed by atoms with Crippen molar-refractivity contribution in [2.24, 2.45) is 0 Å². The topological polar surface area (TPSA) is 78.9 Å². The molecule has 3 atom stereocenters. The lowest BCUT2D eigenvalue weighted by Crippen LogP contribution is -2.52. The maximum absolute atomic E-state index is 12.5. The Kier molecular flexibility index (Phi) is 3.55. The SMILES string of the molecule is CC1OCCC1NC(=O)N1c2ccccc2C[C@H]1C(=O)O. The standard InChI is InChI=1S/C15H18N2O4/c1-9-11(6-7-21-9)16-15(20)17-12-5-3-2-4-10(12)8-13(17)14(18)19/h2-5,9,11,13H,6-8H2,1H3,(H,16,20)(H,18,19)/t9?,11?,13-/m0/s1. The molecule has 2 heterocycles. The second kappa shape index (κ2) is 5.37. The van der Waals surface area contributed by atoms with Crippen LogP contribution in [0.5, 0.6) is 0 Å². The summed E-state index contributed by atoms with van der Waals surface area (Å²) in [7, 11) is 0. The van der Waals surface area contributed by atoms with Crippen LogP contribution in [0.2, 0.25) is 0 Å². The van der Waals surface area contributed by atoms with Gasteiger partial charge in [0.05, 0.1) is 12.1 Å². The minimum atomic E-state index is -0.989. The third kappa shape index (κ3) is 2.47. The molecule has 2 amide bonds. The number of carbonyl (C=O) groups excluding carboxylic acids is 1. The quantitative estimate of drug-likeness (QED) is 0.862. The number of hydrogen-bond acceptors (Lipinski definition) is 3. The van der Waals surface area contributed by atoms with Gasteiger partial charge in [-0.25, -0.2) is 9.59 Å². The maximum Gasteiger partial charge on any atom is 0.327 e. The Labute approximate surface area is 122 Å². The van der Waals surface area contributed by atoms with Gasteiger partial charge in [0.2, 0.25) is 0 Å². The van der Waals surface area contributed by atoms with Crippen molar-refractivity contribution in [2.75, 3.05) is 11.5 Å². The molecule has 2 aliphatic heterocycles. The number of nitrogens with one attached hydrogen (secondary N) is 1. The highest BCUT2D eigenvalue weighted by Gasteiger charge is 2.39. The van der Waals surface area contributed by atoms with Gasteiger partial charge in [-0.1, -0.05) is 18.2 Å². The molecular weight excluding hydrogens is 272 g/mol. The molecule has 112 valence electrons. The largest absolute Gasteiger partial charge is 0.480 e. The Hall–Kier alpha value is -2.08. The Morgan fingerprint density at radius 3 is 2.81 bits per heavy atom. The zero-order chi connectivity index (χ0) is 15.0. The molecule has 0 aromatic heterocycles. The number of carboxylic acids is 1. The highest BCUT2D eigenvalue weighted by molar-refractivity contribution is 6.01. The van der Waals surface area contributed by atoms with Gasteiger partial charge in [0.25, 0.3) is 0 Å². The number of aliphatic carboxylic acids is 1. The molecule has 1 saturated heterocycles. The summed E-state index contributed by atoms with van der Waals surface area (Å²) in [5.74, 6) is -0.989. The fraction of sp³-hybridized carbons (Fsp3) is 0.467. The Bertz CT molecular complexity index is 575. The molecule has 2 unspecified atom stereocenters. The summed E-state index contributed by atoms with van der Waals surface area (Å²) in [6, 6.07) is 6.03. The molecule has 6 heteroatoms. The van der Waals surface area contributed by atoms with Crippen molar-refractivity contribution in [3.05, 3.63) is 29.8 Å². The van der Waals surface area contributed by atoms with E-state index in [9.17, 15) is 14.7 Å². The average Bonchev–Trinajstić information content (AvgIpc) is 3.03. The van der Waals surface area contributed by atoms with E-state index < -0.39 is 12.0 Å². The number of amides is 2. The molecule has 0 radical (unpaired) electrons. The van der Waals surface area contributed by atoms with E-state index in [2.05, 4.69) is 5.32 Å². The Balaban J connectivity index is 1.83. The van der Waals surface area contributed by atoms with E-state index >= 15 is 0 Å². The summed E-state index contributed by atoms with van der Waals surface area (Å²) >= 11 is 0. The monoisotopic (exact) mass is 290 g/mol. The zero-order valence-corrected chi connectivity index (χ0v) is 11.8. The number of nitrogens with zero attached hydrogens (tertiary/aromatic N) is 1. The third-order valence-corrected chi connectivity index (χ3v) is 4.17. The van der Waals surface area contributed by atoms with E-state index in [4.69, 9.17) is 4.74 Å². The number of hydrogen-bond donors (Lipinski definition) is 2. The predicted molar refractivity (Wildman–Crippen MR) is 76.4 cm³/mol. The summed E-state index contributed by atoms with van der Waals surface area (Å²) in [4.78, 5) is 25.3. The summed E-state index contributed by atoms with van der Waals surface area (Å²) < 4.78 is 5.42. The van der Waals surface area contributed by atoms with Crippen LogP contribution >= 0.6 is 0 Å². The van der Waals surface area contributed by atoms with E-state index in [1.165, 1.54) is 4.90 Å². The molecule has 1 aromatic rings. The molecule has 1 aromatic carbocycles. The first-order valence-electron chi connectivity index (χ1n) is 7.10. The molecule has 21 heavy (non-hydrogen) atoms. The molecule has 0 aliphatic carbocycles. The normalized spacial score (nSPS) is 27.5. The number of carbonyl (C=O) groups is 2. The van der Waals surface area contributed by atoms with Crippen molar-refractivity contribution in [2.45, 2.75) is 38.0 Å². The zero-order valence-electron chi connectivity index (χ0n) is 11.8. The van der Waals surface area contributed by atoms with Gasteiger partial charge in [0, 0.05) is 18.7 Å². The van der Waals surface area contributed by atoms with E-state index in [-0.39, 0.29) is 18.2 Å². The van der Waals surface area contributed by atoms with Crippen LogP contribution in [0.25, 0.3) is 0 Å². The van der Waals surface area contributed by atoms with Crippen LogP contribution in [-0.2, 0) is 16.0 Å². The van der Waals surface area contributed by atoms with Crippen molar-refractivity contribution in [1.29, 1.82) is 0 Å². The van der Waals surface area contributed by atoms with Crippen LogP contribution in [0.4, 0.5) is 10.5 Å². The smallest absolute Gasteiger partial charge is 0.327 e. The second-order valence-corrected chi connectivity index (χ2v) is 5.48. The lowest BCUT2D eigenvalue weighted by molar-refractivity contribution is -0.138. The summed E-state index contributed by atoms with van der Waals surface area (Å²) in [5.41, 5.74) is 1.56. The molecule has 0 spiro atoms. The minimum Gasteiger partial charge on any atom is -0.480 e. The molecule has 0 bridgehead atoms. The van der Waals surface area contributed by atoms with Gasteiger partial charge < -0.3 is 15.2 Å². The van der Waals surface area contributed by atoms with Gasteiger partial charge in [0.1, 0.15) is 6.04 Å². The number of rotatable bonds is 2. The van der Waals surface area contributed by atoms with Crippen LogP contribution in [0.1, 0.15) is 18.9 Å². The van der Waals surface area contributed by atoms with Crippen LogP contribution < -0.4 is 10.2 Å². The van der Waals surface area contributed by atoms with Gasteiger partial charge in [-0.05, 0) is 25.0 Å². The summed E-state index contributed by atoms with van der Waals surface area (Å²) in [6.07, 6.45) is 1.05. The predicted octanol–water partition coefficient (Wildman–Crippen LogP) is 1.39. The highest BCUT2D eigenvalue weighted by atomic mass is 16.5. The van der Waals surface area contributed by atoms with Crippen LogP contribution in [0, 0.1) is 0 Å². The first-order valence-corrected chi connectivity index (χ1v) is 7.10. The first-order chi connectivity index (χ1) is 10.1. The van der Waals surface area contributed by atoms with E-state index in [0.717, 1.165) is 12.0 Å². The van der Waals surface area contributed by atoms with Crippen molar-refractivity contribution in [3.8, 4) is 0 Å². The number of ether oxygens (including phenoxy) is 1. The summed E-state index contributed by atoms with van der Waals surface area (Å²) in [5, 5.41) is 12.3. The molecule has 2 N–H and O–H groups in total. The van der Waals surface area contributed by atoms with Crippen LogP contribution in [-0.4, -0.2) is 41.9 Å². The maximum atomic E-state index is 12.5. The van der Waals surface area contributed by atoms with Crippen LogP contribution in [0.15, 0.2) is 24.3 Å². The van der Waals surface area contributed by atoms with Crippen molar-refractivity contribution in [1.82, 2.24) is 5.32 Å². The van der Waals surface area contributed by atoms with Crippen molar-refractivity contribution >= 4 is 17.7 Å². The van der Waals surface area contributed by atoms with E-state index in [1.807, 2.05) is 25.1 Å². The fourth-order valence-corrected chi connectivity index (χ4v) is 2.98. The van der Waals surface area contributed by atoms with Gasteiger partial charge >= 0.3 is 12.0 Å². The van der Waals surface area contributed by atoms with Crippen molar-refractivity contribution < 1.29 is 19.4 Å². The van der Waals surface area contributed by atoms with Gasteiger partial charge in [-0.3, -0.25) is 4.90 Å². The molecular formula is C15H18N2O4. The molecule has 2 aliphatic rings. The van der Waals surface area contributed by atoms with E-state index in [0.29, 0.717) is 18.7 Å². The number of carboxylic acid groups (broad SMARTS) is 1. The fourth-order valence-electron chi connectivity index (χ4n) is 2.98. The minimum absolute atomic E-state index is 0.0462. The average molecular weight is 290 g/mol. The molecule has 0 saturated carbocycles. The number of urea groups is 1. The van der Waals surface area contributed by atoms with E-state index in [1.54, 1.807) is 6.07 Å².